The molecule has 2 aromatic carbocycles. The highest BCUT2D eigenvalue weighted by Gasteiger charge is 2.39. The first-order chi connectivity index (χ1) is 20.2. The van der Waals surface area contributed by atoms with Crippen molar-refractivity contribution in [1.82, 2.24) is 19.5 Å². The molecule has 10 nitrogen and oxygen atoms in total. The van der Waals surface area contributed by atoms with Crippen LogP contribution in [0.15, 0.2) is 82.4 Å². The van der Waals surface area contributed by atoms with Crippen LogP contribution in [0.4, 0.5) is 0 Å². The van der Waals surface area contributed by atoms with E-state index in [9.17, 15) is 22.8 Å². The second-order valence-electron chi connectivity index (χ2n) is 10.7. The predicted octanol–water partition coefficient (Wildman–Crippen LogP) is 3.24. The monoisotopic (exact) mass is 586 g/mol. The van der Waals surface area contributed by atoms with E-state index in [4.69, 9.17) is 4.42 Å². The van der Waals surface area contributed by atoms with Gasteiger partial charge in [-0.3, -0.25) is 14.4 Å². The zero-order chi connectivity index (χ0) is 29.4. The number of hydrogen-bond donors (Lipinski definition) is 1. The van der Waals surface area contributed by atoms with E-state index in [0.717, 1.165) is 20.8 Å². The molecule has 4 heterocycles. The van der Waals surface area contributed by atoms with Gasteiger partial charge >= 0.3 is 0 Å². The Labute approximate surface area is 243 Å². The van der Waals surface area contributed by atoms with Gasteiger partial charge in [0, 0.05) is 36.7 Å². The largest absolute Gasteiger partial charge is 0.451 e. The lowest BCUT2D eigenvalue weighted by atomic mass is 9.92. The lowest BCUT2D eigenvalue weighted by Crippen LogP contribution is -2.55. The molecule has 2 aliphatic heterocycles. The van der Waals surface area contributed by atoms with E-state index in [0.29, 0.717) is 17.6 Å². The second kappa shape index (κ2) is 11.1. The van der Waals surface area contributed by atoms with E-state index in [-0.39, 0.29) is 43.3 Å². The average molecular weight is 587 g/mol. The van der Waals surface area contributed by atoms with Crippen molar-refractivity contribution in [2.75, 3.05) is 13.1 Å². The number of Topliss-reactive ketones (excluding diaryl/α,β-unsaturated/α-hetero) is 1. The summed E-state index contributed by atoms with van der Waals surface area (Å²) in [5.74, 6) is -1.11. The standard InChI is InChI=1S/C31H30N4O6S/c1-20-23-11-4-5-13-27(23)41-29(20)31(38)35-18-22-10-3-2-9-21(22)17-25(35)30(37)33-24-12-8-16-34(19-26(24)36)42(39,40)28-14-6-7-15-32-28/h2-7,9-11,13-15,24-25H,8,12,16-19H2,1H3,(H,33,37). The molecule has 0 radical (unpaired) electrons. The molecule has 0 saturated carbocycles. The minimum Gasteiger partial charge on any atom is -0.451 e. The van der Waals surface area contributed by atoms with Gasteiger partial charge in [0.05, 0.1) is 12.6 Å². The number of nitrogens with zero attached hydrogens (tertiary/aromatic N) is 3. The molecular formula is C31H30N4O6S. The second-order valence-corrected chi connectivity index (χ2v) is 12.5. The number of benzene rings is 2. The number of rotatable bonds is 5. The van der Waals surface area contributed by atoms with Gasteiger partial charge < -0.3 is 14.6 Å². The molecule has 11 heteroatoms. The molecule has 2 atom stereocenters. The van der Waals surface area contributed by atoms with Crippen LogP contribution in [0.25, 0.3) is 11.0 Å². The maximum Gasteiger partial charge on any atom is 0.290 e. The number of sulfonamides is 1. The van der Waals surface area contributed by atoms with Crippen molar-refractivity contribution in [2.45, 2.75) is 49.8 Å². The van der Waals surface area contributed by atoms with Gasteiger partial charge in [0.15, 0.2) is 16.6 Å². The minimum atomic E-state index is -3.96. The highest BCUT2D eigenvalue weighted by Crippen LogP contribution is 2.30. The summed E-state index contributed by atoms with van der Waals surface area (Å²) < 4.78 is 33.2. The van der Waals surface area contributed by atoms with Gasteiger partial charge in [0.2, 0.25) is 5.91 Å². The fraction of sp³-hybridized carbons (Fsp3) is 0.290. The van der Waals surface area contributed by atoms with Crippen molar-refractivity contribution in [3.05, 3.63) is 95.4 Å². The third-order valence-corrected chi connectivity index (χ3v) is 9.79. The average Bonchev–Trinajstić information content (AvgIpc) is 3.23. The number of pyridine rings is 1. The van der Waals surface area contributed by atoms with Crippen molar-refractivity contribution in [3.63, 3.8) is 0 Å². The summed E-state index contributed by atoms with van der Waals surface area (Å²) in [5.41, 5.74) is 3.17. The van der Waals surface area contributed by atoms with Crippen LogP contribution < -0.4 is 5.32 Å². The van der Waals surface area contributed by atoms with Crippen LogP contribution in [0.2, 0.25) is 0 Å². The number of ketones is 1. The molecule has 2 aromatic heterocycles. The molecule has 216 valence electrons. The Kier molecular flexibility index (Phi) is 7.38. The van der Waals surface area contributed by atoms with Crippen molar-refractivity contribution in [2.24, 2.45) is 0 Å². The molecule has 4 aromatic rings. The molecule has 0 bridgehead atoms. The predicted molar refractivity (Wildman–Crippen MR) is 154 cm³/mol. The summed E-state index contributed by atoms with van der Waals surface area (Å²) in [4.78, 5) is 46.4. The molecule has 2 aliphatic rings. The first-order valence-corrected chi connectivity index (χ1v) is 15.3. The van der Waals surface area contributed by atoms with Crippen molar-refractivity contribution in [1.29, 1.82) is 0 Å². The Morgan fingerprint density at radius 1 is 0.976 bits per heavy atom. The summed E-state index contributed by atoms with van der Waals surface area (Å²) in [6.07, 6.45) is 2.31. The first kappa shape index (κ1) is 27.8. The summed E-state index contributed by atoms with van der Waals surface area (Å²) in [5, 5.41) is 3.55. The van der Waals surface area contributed by atoms with Gasteiger partial charge in [0.25, 0.3) is 15.9 Å². The van der Waals surface area contributed by atoms with Crippen molar-refractivity contribution in [3.8, 4) is 0 Å². The molecule has 0 aliphatic carbocycles. The van der Waals surface area contributed by atoms with E-state index in [1.807, 2.05) is 49.4 Å². The Bertz CT molecular complexity index is 1790. The summed E-state index contributed by atoms with van der Waals surface area (Å²) >= 11 is 0. The van der Waals surface area contributed by atoms with Gasteiger partial charge in [-0.1, -0.05) is 48.5 Å². The van der Waals surface area contributed by atoms with Gasteiger partial charge in [0.1, 0.15) is 11.6 Å². The number of furan rings is 1. The fourth-order valence-electron chi connectivity index (χ4n) is 5.73. The zero-order valence-corrected chi connectivity index (χ0v) is 23.8. The topological polar surface area (TPSA) is 130 Å². The van der Waals surface area contributed by atoms with Crippen molar-refractivity contribution >= 4 is 38.6 Å². The SMILES string of the molecule is Cc1c(C(=O)N2Cc3ccccc3CC2C(=O)NC2CCCN(S(=O)(=O)c3ccccn3)CC2=O)oc2ccccc12. The van der Waals surface area contributed by atoms with Gasteiger partial charge in [-0.05, 0) is 49.1 Å². The molecule has 1 N–H and O–H groups in total. The quantitative estimate of drug-likeness (QED) is 0.380. The smallest absolute Gasteiger partial charge is 0.290 e. The number of carbonyl (C=O) groups excluding carboxylic acids is 3. The number of carbonyl (C=O) groups is 3. The molecule has 1 saturated heterocycles. The van der Waals surface area contributed by atoms with E-state index in [2.05, 4.69) is 10.3 Å². The normalized spacial score (nSPS) is 19.7. The van der Waals surface area contributed by atoms with Crippen LogP contribution >= 0.6 is 0 Å². The number of aromatic nitrogens is 1. The van der Waals surface area contributed by atoms with Crippen LogP contribution in [0.5, 0.6) is 0 Å². The lowest BCUT2D eigenvalue weighted by Gasteiger charge is -2.36. The third-order valence-electron chi connectivity index (χ3n) is 8.03. The summed E-state index contributed by atoms with van der Waals surface area (Å²) in [6.45, 7) is 1.78. The Morgan fingerprint density at radius 3 is 2.48 bits per heavy atom. The molecule has 42 heavy (non-hydrogen) atoms. The molecule has 0 spiro atoms. The first-order valence-electron chi connectivity index (χ1n) is 13.8. The maximum atomic E-state index is 13.9. The van der Waals surface area contributed by atoms with E-state index in [1.54, 1.807) is 18.2 Å². The highest BCUT2D eigenvalue weighted by atomic mass is 32.2. The number of hydrogen-bond acceptors (Lipinski definition) is 7. The number of para-hydroxylation sites is 1. The van der Waals surface area contributed by atoms with Crippen LogP contribution in [0.1, 0.15) is 40.1 Å². The van der Waals surface area contributed by atoms with Crippen LogP contribution in [0, 0.1) is 6.92 Å². The van der Waals surface area contributed by atoms with Gasteiger partial charge in [-0.15, -0.1) is 0 Å². The fourth-order valence-corrected chi connectivity index (χ4v) is 7.11. The number of aryl methyl sites for hydroxylation is 1. The molecule has 2 unspecified atom stereocenters. The molecule has 6 rings (SSSR count). The minimum absolute atomic E-state index is 0.129. The van der Waals surface area contributed by atoms with E-state index in [1.165, 1.54) is 17.2 Å². The van der Waals surface area contributed by atoms with E-state index >= 15 is 0 Å². The summed E-state index contributed by atoms with van der Waals surface area (Å²) in [7, 11) is -3.96. The molecule has 2 amide bonds. The van der Waals surface area contributed by atoms with Crippen LogP contribution in [-0.4, -0.2) is 65.4 Å². The summed E-state index contributed by atoms with van der Waals surface area (Å²) in [6, 6.07) is 17.8. The molecular weight excluding hydrogens is 556 g/mol. The van der Waals surface area contributed by atoms with Crippen molar-refractivity contribution < 1.29 is 27.2 Å². The highest BCUT2D eigenvalue weighted by molar-refractivity contribution is 7.89. The van der Waals surface area contributed by atoms with Gasteiger partial charge in [-0.2, -0.15) is 4.31 Å². The number of fused-ring (bicyclic) bond motifs is 2. The Balaban J connectivity index is 1.24. The third kappa shape index (κ3) is 5.10. The van der Waals surface area contributed by atoms with E-state index < -0.39 is 39.7 Å². The number of amides is 2. The molecule has 1 fully saturated rings. The van der Waals surface area contributed by atoms with Crippen LogP contribution in [0.3, 0.4) is 0 Å². The van der Waals surface area contributed by atoms with Crippen LogP contribution in [-0.2, 0) is 32.6 Å². The Hall–Kier alpha value is -4.35. The maximum absolute atomic E-state index is 13.9. The van der Waals surface area contributed by atoms with Gasteiger partial charge in [-0.25, -0.2) is 13.4 Å². The number of nitrogens with one attached hydrogen (secondary N) is 1. The lowest BCUT2D eigenvalue weighted by molar-refractivity contribution is -0.130. The Morgan fingerprint density at radius 2 is 1.71 bits per heavy atom. The zero-order valence-electron chi connectivity index (χ0n) is 23.0.